The lowest BCUT2D eigenvalue weighted by Gasteiger charge is -2.17. The molecule has 2 aromatic rings. The predicted octanol–water partition coefficient (Wildman–Crippen LogP) is 2.83. The molecule has 0 aliphatic heterocycles. The molecule has 1 unspecified atom stereocenters. The Morgan fingerprint density at radius 3 is 2.42 bits per heavy atom. The summed E-state index contributed by atoms with van der Waals surface area (Å²) >= 11 is 0. The van der Waals surface area contributed by atoms with Crippen molar-refractivity contribution in [3.8, 4) is 0 Å². The lowest BCUT2D eigenvalue weighted by molar-refractivity contribution is -0.386. The van der Waals surface area contributed by atoms with Gasteiger partial charge in [-0.1, -0.05) is 19.1 Å². The first-order valence-electron chi connectivity index (χ1n) is 7.61. The van der Waals surface area contributed by atoms with Gasteiger partial charge >= 0.3 is 0 Å². The van der Waals surface area contributed by atoms with Crippen LogP contribution in [-0.4, -0.2) is 15.4 Å². The van der Waals surface area contributed by atoms with Gasteiger partial charge in [-0.15, -0.1) is 0 Å². The van der Waals surface area contributed by atoms with Gasteiger partial charge in [0.1, 0.15) is 6.04 Å². The van der Waals surface area contributed by atoms with Crippen molar-refractivity contribution in [1.82, 2.24) is 4.57 Å². The molecule has 1 aromatic heterocycles. The van der Waals surface area contributed by atoms with E-state index in [4.69, 9.17) is 0 Å². The van der Waals surface area contributed by atoms with Gasteiger partial charge in [-0.2, -0.15) is 0 Å². The number of hydrogen-bond acceptors (Lipinski definition) is 4. The molecular weight excluding hydrogens is 310 g/mol. The number of hydrogen-bond donors (Lipinski definition) is 1. The maximum atomic E-state index is 12.4. The largest absolute Gasteiger partial charge is 0.324 e. The fourth-order valence-electron chi connectivity index (χ4n) is 2.50. The maximum Gasteiger partial charge on any atom is 0.288 e. The first-order valence-corrected chi connectivity index (χ1v) is 7.61. The summed E-state index contributed by atoms with van der Waals surface area (Å²) in [5, 5.41) is 13.7. The second kappa shape index (κ2) is 7.08. The Kier molecular flexibility index (Phi) is 5.13. The van der Waals surface area contributed by atoms with Crippen molar-refractivity contribution in [2.75, 3.05) is 5.32 Å². The average Bonchev–Trinajstić information content (AvgIpc) is 2.55. The summed E-state index contributed by atoms with van der Waals surface area (Å²) in [6.45, 7) is 5.03. The summed E-state index contributed by atoms with van der Waals surface area (Å²) in [7, 11) is 0. The van der Waals surface area contributed by atoms with E-state index in [-0.39, 0.29) is 11.4 Å². The minimum atomic E-state index is -0.872. The van der Waals surface area contributed by atoms with Gasteiger partial charge in [-0.05, 0) is 38.0 Å². The molecule has 1 aromatic carbocycles. The van der Waals surface area contributed by atoms with E-state index in [1.54, 1.807) is 12.1 Å². The number of nitrogens with zero attached hydrogens (tertiary/aromatic N) is 2. The van der Waals surface area contributed by atoms with Gasteiger partial charge in [-0.25, -0.2) is 0 Å². The van der Waals surface area contributed by atoms with E-state index >= 15 is 0 Å². The highest BCUT2D eigenvalue weighted by molar-refractivity contribution is 5.93. The quantitative estimate of drug-likeness (QED) is 0.674. The van der Waals surface area contributed by atoms with Crippen molar-refractivity contribution in [2.24, 2.45) is 0 Å². The fraction of sp³-hybridized carbons (Fsp3) is 0.294. The van der Waals surface area contributed by atoms with Crippen LogP contribution in [0, 0.1) is 17.0 Å². The molecule has 0 spiro atoms. The lowest BCUT2D eigenvalue weighted by Crippen LogP contribution is -2.33. The Morgan fingerprint density at radius 2 is 1.88 bits per heavy atom. The van der Waals surface area contributed by atoms with Crippen molar-refractivity contribution < 1.29 is 9.72 Å². The number of rotatable bonds is 5. The van der Waals surface area contributed by atoms with Crippen molar-refractivity contribution in [1.29, 1.82) is 0 Å². The molecule has 0 bridgehead atoms. The molecule has 0 fully saturated rings. The van der Waals surface area contributed by atoms with Gasteiger partial charge in [0.15, 0.2) is 0 Å². The number of aromatic nitrogens is 1. The third kappa shape index (κ3) is 3.51. The Balaban J connectivity index is 2.29. The van der Waals surface area contributed by atoms with E-state index in [0.717, 1.165) is 28.7 Å². The van der Waals surface area contributed by atoms with Gasteiger partial charge in [0.2, 0.25) is 5.91 Å². The molecule has 0 radical (unpaired) electrons. The van der Waals surface area contributed by atoms with Crippen LogP contribution in [0.3, 0.4) is 0 Å². The lowest BCUT2D eigenvalue weighted by atomic mass is 10.1. The second-order valence-electron chi connectivity index (χ2n) is 5.49. The molecule has 0 aliphatic carbocycles. The molecular formula is C17H19N3O4. The van der Waals surface area contributed by atoms with Crippen LogP contribution < -0.4 is 10.9 Å². The number of amides is 1. The van der Waals surface area contributed by atoms with Crippen LogP contribution in [0.5, 0.6) is 0 Å². The van der Waals surface area contributed by atoms with E-state index < -0.39 is 22.4 Å². The predicted molar refractivity (Wildman–Crippen MR) is 91.3 cm³/mol. The van der Waals surface area contributed by atoms with Crippen LogP contribution >= 0.6 is 0 Å². The van der Waals surface area contributed by atoms with Crippen LogP contribution in [0.25, 0.3) is 0 Å². The number of benzene rings is 1. The number of nitro groups is 1. The van der Waals surface area contributed by atoms with Gasteiger partial charge in [0.05, 0.1) is 10.6 Å². The zero-order chi connectivity index (χ0) is 17.9. The molecule has 24 heavy (non-hydrogen) atoms. The highest BCUT2D eigenvalue weighted by atomic mass is 16.6. The SMILES string of the molecule is CCc1ccc(NC(=O)C(C)n2c(C)c([N+](=O)[O-])ccc2=O)cc1. The number of aryl methyl sites for hydroxylation is 1. The van der Waals surface area contributed by atoms with E-state index in [1.807, 2.05) is 19.1 Å². The summed E-state index contributed by atoms with van der Waals surface area (Å²) in [5.74, 6) is -0.412. The fourth-order valence-corrected chi connectivity index (χ4v) is 2.50. The molecule has 1 atom stereocenters. The van der Waals surface area contributed by atoms with Gasteiger partial charge < -0.3 is 5.32 Å². The second-order valence-corrected chi connectivity index (χ2v) is 5.49. The minimum Gasteiger partial charge on any atom is -0.324 e. The molecule has 2 rings (SSSR count). The zero-order valence-corrected chi connectivity index (χ0v) is 13.8. The van der Waals surface area contributed by atoms with E-state index in [0.29, 0.717) is 5.69 Å². The van der Waals surface area contributed by atoms with E-state index in [2.05, 4.69) is 5.32 Å². The van der Waals surface area contributed by atoms with Crippen LogP contribution in [-0.2, 0) is 11.2 Å². The topological polar surface area (TPSA) is 94.2 Å². The molecule has 7 heteroatoms. The number of anilines is 1. The third-order valence-electron chi connectivity index (χ3n) is 3.95. The molecule has 0 saturated carbocycles. The van der Waals surface area contributed by atoms with Crippen molar-refractivity contribution >= 4 is 17.3 Å². The summed E-state index contributed by atoms with van der Waals surface area (Å²) in [4.78, 5) is 34.9. The van der Waals surface area contributed by atoms with Gasteiger partial charge in [0.25, 0.3) is 11.2 Å². The number of pyridine rings is 1. The molecule has 1 N–H and O–H groups in total. The highest BCUT2D eigenvalue weighted by Crippen LogP contribution is 2.19. The van der Waals surface area contributed by atoms with Crippen LogP contribution in [0.15, 0.2) is 41.2 Å². The molecule has 126 valence electrons. The van der Waals surface area contributed by atoms with Gasteiger partial charge in [0, 0.05) is 17.8 Å². The maximum absolute atomic E-state index is 12.4. The summed E-state index contributed by atoms with van der Waals surface area (Å²) in [5.41, 5.74) is 1.26. The third-order valence-corrected chi connectivity index (χ3v) is 3.95. The Labute approximate surface area is 139 Å². The van der Waals surface area contributed by atoms with Crippen LogP contribution in [0.2, 0.25) is 0 Å². The Morgan fingerprint density at radius 1 is 1.25 bits per heavy atom. The molecule has 1 heterocycles. The zero-order valence-electron chi connectivity index (χ0n) is 13.8. The van der Waals surface area contributed by atoms with Crippen molar-refractivity contribution in [3.63, 3.8) is 0 Å². The van der Waals surface area contributed by atoms with E-state index in [1.165, 1.54) is 13.8 Å². The first kappa shape index (κ1) is 17.4. The highest BCUT2D eigenvalue weighted by Gasteiger charge is 2.23. The summed E-state index contributed by atoms with van der Waals surface area (Å²) in [6.07, 6.45) is 0.896. The molecule has 0 saturated heterocycles. The number of carbonyl (C=O) groups excluding carboxylic acids is 1. The van der Waals surface area contributed by atoms with Crippen LogP contribution in [0.4, 0.5) is 11.4 Å². The molecule has 1 amide bonds. The number of nitrogens with one attached hydrogen (secondary N) is 1. The van der Waals surface area contributed by atoms with Gasteiger partial charge in [-0.3, -0.25) is 24.3 Å². The average molecular weight is 329 g/mol. The summed E-state index contributed by atoms with van der Waals surface area (Å²) in [6, 6.07) is 8.77. The van der Waals surface area contributed by atoms with Crippen LogP contribution in [0.1, 0.15) is 31.1 Å². The smallest absolute Gasteiger partial charge is 0.288 e. The molecule has 7 nitrogen and oxygen atoms in total. The summed E-state index contributed by atoms with van der Waals surface area (Å²) < 4.78 is 1.13. The Hall–Kier alpha value is -2.96. The standard InChI is InChI=1S/C17H19N3O4/c1-4-13-5-7-14(8-6-13)18-17(22)12(3)19-11(2)15(20(23)24)9-10-16(19)21/h5-10,12H,4H2,1-3H3,(H,18,22). The Bertz CT molecular complexity index is 825. The first-order chi connectivity index (χ1) is 11.3. The van der Waals surface area contributed by atoms with Crippen molar-refractivity contribution in [2.45, 2.75) is 33.2 Å². The number of carbonyl (C=O) groups is 1. The normalized spacial score (nSPS) is 11.8. The van der Waals surface area contributed by atoms with E-state index in [9.17, 15) is 19.7 Å². The van der Waals surface area contributed by atoms with Crippen molar-refractivity contribution in [3.05, 3.63) is 68.1 Å². The monoisotopic (exact) mass is 329 g/mol. The molecule has 0 aliphatic rings. The minimum absolute atomic E-state index is 0.150.